The highest BCUT2D eigenvalue weighted by Crippen LogP contribution is 2.28. The minimum absolute atomic E-state index is 0.110. The van der Waals surface area contributed by atoms with Crippen LogP contribution in [0, 0.1) is 11.7 Å². The van der Waals surface area contributed by atoms with E-state index in [4.69, 9.17) is 9.84 Å². The summed E-state index contributed by atoms with van der Waals surface area (Å²) in [5, 5.41) is 14.5. The Morgan fingerprint density at radius 3 is 2.16 bits per heavy atom. The van der Waals surface area contributed by atoms with Gasteiger partial charge in [0, 0.05) is 43.5 Å². The van der Waals surface area contributed by atoms with Gasteiger partial charge in [0.05, 0.1) is 17.6 Å². The third-order valence-electron chi connectivity index (χ3n) is 7.06. The van der Waals surface area contributed by atoms with Crippen molar-refractivity contribution in [1.29, 1.82) is 0 Å². The zero-order valence-electron chi connectivity index (χ0n) is 20.9. The van der Waals surface area contributed by atoms with Crippen LogP contribution in [-0.2, 0) is 4.79 Å². The molecule has 9 heteroatoms. The second kappa shape index (κ2) is 12.6. The maximum atomic E-state index is 14.6. The minimum atomic E-state index is -0.790. The standard InChI is InChI=1S/C28H34FN3O5/c29-25-18-23(37-22-10-6-20(7-11-22)28(35)36)12-13-24(25)27(34)31-15-14-30-26(33)19-4-8-21(9-5-19)32-16-2-1-3-17-32/h4-5,8-9,12-13,18,20,22H,1-3,6-7,10-11,14-17H2,(H,30,33)(H,31,34)(H,35,36). The maximum Gasteiger partial charge on any atom is 0.306 e. The van der Waals surface area contributed by atoms with Gasteiger partial charge < -0.3 is 25.4 Å². The first-order chi connectivity index (χ1) is 17.9. The zero-order valence-corrected chi connectivity index (χ0v) is 20.9. The van der Waals surface area contributed by atoms with Crippen LogP contribution in [0.5, 0.6) is 5.75 Å². The monoisotopic (exact) mass is 511 g/mol. The Hall–Kier alpha value is -3.62. The molecule has 3 N–H and O–H groups in total. The number of ether oxygens (including phenoxy) is 1. The van der Waals surface area contributed by atoms with Gasteiger partial charge in [0.1, 0.15) is 11.6 Å². The Morgan fingerprint density at radius 1 is 0.892 bits per heavy atom. The highest BCUT2D eigenvalue weighted by molar-refractivity contribution is 5.95. The fraction of sp³-hybridized carbons (Fsp3) is 0.464. The second-order valence-corrected chi connectivity index (χ2v) is 9.68. The van der Waals surface area contributed by atoms with Crippen LogP contribution in [-0.4, -0.2) is 55.2 Å². The lowest BCUT2D eigenvalue weighted by atomic mass is 9.87. The summed E-state index contributed by atoms with van der Waals surface area (Å²) in [7, 11) is 0. The number of carboxylic acid groups (broad SMARTS) is 1. The van der Waals surface area contributed by atoms with E-state index >= 15 is 0 Å². The number of rotatable bonds is 9. The van der Waals surface area contributed by atoms with Crippen molar-refractivity contribution in [3.8, 4) is 5.75 Å². The SMILES string of the molecule is O=C(NCCNC(=O)c1ccc(OC2CCC(C(=O)O)CC2)cc1F)c1ccc(N2CCCCC2)cc1. The van der Waals surface area contributed by atoms with E-state index in [9.17, 15) is 18.8 Å². The number of anilines is 1. The Bertz CT molecular complexity index is 1090. The van der Waals surface area contributed by atoms with Gasteiger partial charge in [-0.15, -0.1) is 0 Å². The van der Waals surface area contributed by atoms with E-state index in [0.717, 1.165) is 18.8 Å². The summed E-state index contributed by atoms with van der Waals surface area (Å²) in [4.78, 5) is 38.2. The summed E-state index contributed by atoms with van der Waals surface area (Å²) in [5.74, 6) is -2.34. The summed E-state index contributed by atoms with van der Waals surface area (Å²) >= 11 is 0. The molecule has 0 spiro atoms. The van der Waals surface area contributed by atoms with E-state index in [1.54, 1.807) is 12.1 Å². The highest BCUT2D eigenvalue weighted by Gasteiger charge is 2.27. The van der Waals surface area contributed by atoms with E-state index in [1.165, 1.54) is 37.5 Å². The number of nitrogens with one attached hydrogen (secondary N) is 2. The van der Waals surface area contributed by atoms with Crippen molar-refractivity contribution in [3.63, 3.8) is 0 Å². The van der Waals surface area contributed by atoms with Gasteiger partial charge in [-0.3, -0.25) is 14.4 Å². The molecule has 2 aromatic rings. The molecule has 0 radical (unpaired) electrons. The lowest BCUT2D eigenvalue weighted by Crippen LogP contribution is -2.35. The quantitative estimate of drug-likeness (QED) is 0.440. The minimum Gasteiger partial charge on any atom is -0.490 e. The number of nitrogens with zero attached hydrogens (tertiary/aromatic N) is 1. The van der Waals surface area contributed by atoms with Gasteiger partial charge in [0.15, 0.2) is 0 Å². The first-order valence-corrected chi connectivity index (χ1v) is 13.0. The van der Waals surface area contributed by atoms with Crippen molar-refractivity contribution in [2.45, 2.75) is 51.0 Å². The van der Waals surface area contributed by atoms with E-state index in [2.05, 4.69) is 15.5 Å². The largest absolute Gasteiger partial charge is 0.490 e. The van der Waals surface area contributed by atoms with Crippen LogP contribution in [0.1, 0.15) is 65.7 Å². The van der Waals surface area contributed by atoms with Gasteiger partial charge in [-0.05, 0) is 81.3 Å². The molecule has 1 aliphatic heterocycles. The van der Waals surface area contributed by atoms with Crippen LogP contribution >= 0.6 is 0 Å². The number of hydrogen-bond donors (Lipinski definition) is 3. The second-order valence-electron chi connectivity index (χ2n) is 9.68. The average Bonchev–Trinajstić information content (AvgIpc) is 2.92. The predicted octanol–water partition coefficient (Wildman–Crippen LogP) is 4.00. The lowest BCUT2D eigenvalue weighted by Gasteiger charge is -2.28. The first kappa shape index (κ1) is 26.4. The molecule has 4 rings (SSSR count). The Labute approximate surface area is 216 Å². The summed E-state index contributed by atoms with van der Waals surface area (Å²) in [5.41, 5.74) is 1.55. The smallest absolute Gasteiger partial charge is 0.306 e. The van der Waals surface area contributed by atoms with Crippen molar-refractivity contribution in [1.82, 2.24) is 10.6 Å². The number of carbonyl (C=O) groups is 3. The van der Waals surface area contributed by atoms with Crippen molar-refractivity contribution < 1.29 is 28.6 Å². The number of hydrogen-bond acceptors (Lipinski definition) is 5. The molecule has 1 heterocycles. The molecule has 37 heavy (non-hydrogen) atoms. The molecule has 198 valence electrons. The molecule has 2 aliphatic rings. The topological polar surface area (TPSA) is 108 Å². The summed E-state index contributed by atoms with van der Waals surface area (Å²) in [6, 6.07) is 11.6. The summed E-state index contributed by atoms with van der Waals surface area (Å²) in [6.07, 6.45) is 5.72. The number of aliphatic carboxylic acids is 1. The molecular formula is C28H34FN3O5. The van der Waals surface area contributed by atoms with E-state index in [-0.39, 0.29) is 36.6 Å². The zero-order chi connectivity index (χ0) is 26.2. The molecule has 1 saturated carbocycles. The number of halogens is 1. The third-order valence-corrected chi connectivity index (χ3v) is 7.06. The molecule has 2 amide bonds. The molecule has 1 saturated heterocycles. The molecule has 0 unspecified atom stereocenters. The van der Waals surface area contributed by atoms with Gasteiger partial charge >= 0.3 is 5.97 Å². The molecule has 1 aliphatic carbocycles. The van der Waals surface area contributed by atoms with Gasteiger partial charge in [0.25, 0.3) is 11.8 Å². The predicted molar refractivity (Wildman–Crippen MR) is 138 cm³/mol. The van der Waals surface area contributed by atoms with Gasteiger partial charge in [0.2, 0.25) is 0 Å². The van der Waals surface area contributed by atoms with Crippen molar-refractivity contribution in [3.05, 3.63) is 59.4 Å². The van der Waals surface area contributed by atoms with Gasteiger partial charge in [-0.1, -0.05) is 0 Å². The van der Waals surface area contributed by atoms with Crippen LogP contribution in [0.2, 0.25) is 0 Å². The third kappa shape index (κ3) is 7.21. The highest BCUT2D eigenvalue weighted by atomic mass is 19.1. The Kier molecular flexibility index (Phi) is 8.98. The number of benzene rings is 2. The fourth-order valence-corrected chi connectivity index (χ4v) is 4.90. The molecule has 2 aromatic carbocycles. The Morgan fingerprint density at radius 2 is 1.54 bits per heavy atom. The van der Waals surface area contributed by atoms with Crippen molar-refractivity contribution in [2.24, 2.45) is 5.92 Å². The summed E-state index contributed by atoms with van der Waals surface area (Å²) in [6.45, 7) is 2.44. The Balaban J connectivity index is 1.19. The normalized spacial score (nSPS) is 19.6. The maximum absolute atomic E-state index is 14.6. The molecule has 0 bridgehead atoms. The van der Waals surface area contributed by atoms with Crippen LogP contribution in [0.3, 0.4) is 0 Å². The van der Waals surface area contributed by atoms with Gasteiger partial charge in [-0.25, -0.2) is 4.39 Å². The number of piperidine rings is 1. The molecule has 0 atom stereocenters. The lowest BCUT2D eigenvalue weighted by molar-refractivity contribution is -0.143. The molecule has 0 aromatic heterocycles. The van der Waals surface area contributed by atoms with Crippen molar-refractivity contribution in [2.75, 3.05) is 31.1 Å². The van der Waals surface area contributed by atoms with Crippen LogP contribution in [0.25, 0.3) is 0 Å². The summed E-state index contributed by atoms with van der Waals surface area (Å²) < 4.78 is 20.3. The number of amides is 2. The molecular weight excluding hydrogens is 477 g/mol. The number of carboxylic acids is 1. The number of carbonyl (C=O) groups excluding carboxylic acids is 2. The van der Waals surface area contributed by atoms with Crippen LogP contribution in [0.15, 0.2) is 42.5 Å². The van der Waals surface area contributed by atoms with Gasteiger partial charge in [-0.2, -0.15) is 0 Å². The average molecular weight is 512 g/mol. The van der Waals surface area contributed by atoms with Crippen molar-refractivity contribution >= 4 is 23.5 Å². The molecule has 8 nitrogen and oxygen atoms in total. The van der Waals surface area contributed by atoms with E-state index < -0.39 is 17.7 Å². The molecule has 2 fully saturated rings. The van der Waals surface area contributed by atoms with E-state index in [0.29, 0.717) is 37.0 Å². The first-order valence-electron chi connectivity index (χ1n) is 13.0. The van der Waals surface area contributed by atoms with Crippen LogP contribution < -0.4 is 20.3 Å². The van der Waals surface area contributed by atoms with E-state index in [1.807, 2.05) is 12.1 Å². The van der Waals surface area contributed by atoms with Crippen LogP contribution in [0.4, 0.5) is 10.1 Å². The fourth-order valence-electron chi connectivity index (χ4n) is 4.90.